The molecule has 220 valence electrons. The number of anilines is 1. The topological polar surface area (TPSA) is 102 Å². The first kappa shape index (κ1) is 29.8. The monoisotopic (exact) mass is 610 g/mol. The molecule has 0 atom stereocenters. The van der Waals surface area contributed by atoms with E-state index < -0.39 is 6.09 Å². The van der Waals surface area contributed by atoms with E-state index in [1.165, 1.54) is 14.2 Å². The molecule has 1 aliphatic heterocycles. The van der Waals surface area contributed by atoms with Gasteiger partial charge in [0.15, 0.2) is 5.75 Å². The summed E-state index contributed by atoms with van der Waals surface area (Å²) in [5.74, 6) is 1.37. The zero-order valence-corrected chi connectivity index (χ0v) is 25.6. The van der Waals surface area contributed by atoms with Crippen molar-refractivity contribution in [2.45, 2.75) is 20.4 Å². The van der Waals surface area contributed by atoms with Gasteiger partial charge in [0.25, 0.3) is 0 Å². The molecule has 0 aliphatic carbocycles. The molecule has 2 aromatic carbocycles. The van der Waals surface area contributed by atoms with E-state index in [0.29, 0.717) is 50.9 Å². The third kappa shape index (κ3) is 6.22. The van der Waals surface area contributed by atoms with Crippen LogP contribution >= 0.6 is 23.2 Å². The van der Waals surface area contributed by atoms with Gasteiger partial charge < -0.3 is 19.1 Å². The summed E-state index contributed by atoms with van der Waals surface area (Å²) in [6, 6.07) is 8.70. The van der Waals surface area contributed by atoms with E-state index in [4.69, 9.17) is 47.4 Å². The van der Waals surface area contributed by atoms with Gasteiger partial charge in [-0.2, -0.15) is 0 Å². The van der Waals surface area contributed by atoms with E-state index in [0.717, 1.165) is 38.3 Å². The molecule has 1 amide bonds. The van der Waals surface area contributed by atoms with Gasteiger partial charge in [-0.15, -0.1) is 0 Å². The Morgan fingerprint density at radius 3 is 2.14 bits per heavy atom. The van der Waals surface area contributed by atoms with Crippen molar-refractivity contribution in [1.82, 2.24) is 24.8 Å². The van der Waals surface area contributed by atoms with Gasteiger partial charge in [0.05, 0.1) is 35.7 Å². The van der Waals surface area contributed by atoms with Crippen LogP contribution in [0.4, 0.5) is 10.6 Å². The number of fused-ring (bicyclic) bond motifs is 1. The SMILES string of the molecule is COc1cc(OC)c(Cl)c(-c2ccc(OC(=O)Nc3ccc(CN4CCN(C)CC4)cn3)c3nc(C)c(C)nc23)c1Cl. The van der Waals surface area contributed by atoms with Gasteiger partial charge >= 0.3 is 6.09 Å². The number of hydrogen-bond donors (Lipinski definition) is 1. The Kier molecular flexibility index (Phi) is 8.98. The summed E-state index contributed by atoms with van der Waals surface area (Å²) in [4.78, 5) is 31.5. The highest BCUT2D eigenvalue weighted by Gasteiger charge is 2.24. The number of carbonyl (C=O) groups is 1. The lowest BCUT2D eigenvalue weighted by atomic mass is 10.0. The number of piperazine rings is 1. The Balaban J connectivity index is 1.41. The smallest absolute Gasteiger partial charge is 0.418 e. The minimum absolute atomic E-state index is 0.218. The molecule has 0 unspecified atom stereocenters. The Labute approximate surface area is 254 Å². The summed E-state index contributed by atoms with van der Waals surface area (Å²) in [5, 5.41) is 3.28. The van der Waals surface area contributed by atoms with Crippen molar-refractivity contribution < 1.29 is 19.0 Å². The molecule has 0 radical (unpaired) electrons. The molecular formula is C30H32Cl2N6O4. The fraction of sp³-hybridized carbons (Fsp3) is 0.333. The van der Waals surface area contributed by atoms with Crippen molar-refractivity contribution in [3.05, 3.63) is 63.5 Å². The lowest BCUT2D eigenvalue weighted by molar-refractivity contribution is 0.148. The Bertz CT molecular complexity index is 1600. The Morgan fingerprint density at radius 1 is 0.905 bits per heavy atom. The molecule has 1 N–H and O–H groups in total. The first-order valence-electron chi connectivity index (χ1n) is 13.4. The van der Waals surface area contributed by atoms with Crippen LogP contribution in [0.2, 0.25) is 10.0 Å². The van der Waals surface area contributed by atoms with Crippen molar-refractivity contribution in [3.8, 4) is 28.4 Å². The minimum Gasteiger partial charge on any atom is -0.495 e. The number of aromatic nitrogens is 3. The number of benzene rings is 2. The molecule has 4 aromatic rings. The summed E-state index contributed by atoms with van der Waals surface area (Å²) >= 11 is 13.4. The normalized spacial score (nSPS) is 14.2. The minimum atomic E-state index is -0.706. The molecule has 2 aromatic heterocycles. The fourth-order valence-corrected chi connectivity index (χ4v) is 5.48. The van der Waals surface area contributed by atoms with Crippen LogP contribution in [-0.2, 0) is 6.54 Å². The quantitative estimate of drug-likeness (QED) is 0.270. The second kappa shape index (κ2) is 12.7. The average molecular weight is 612 g/mol. The van der Waals surface area contributed by atoms with Crippen molar-refractivity contribution in [2.75, 3.05) is 52.8 Å². The zero-order valence-electron chi connectivity index (χ0n) is 24.1. The Hall–Kier alpha value is -3.70. The molecule has 0 saturated carbocycles. The number of hydrogen-bond acceptors (Lipinski definition) is 9. The van der Waals surface area contributed by atoms with Gasteiger partial charge in [0, 0.05) is 56.1 Å². The van der Waals surface area contributed by atoms with Crippen LogP contribution in [0, 0.1) is 13.8 Å². The van der Waals surface area contributed by atoms with Crippen LogP contribution in [0.3, 0.4) is 0 Å². The predicted octanol–water partition coefficient (Wildman–Crippen LogP) is 5.99. The van der Waals surface area contributed by atoms with Gasteiger partial charge in [0.1, 0.15) is 28.4 Å². The van der Waals surface area contributed by atoms with E-state index in [1.54, 1.807) is 30.5 Å². The first-order valence-corrected chi connectivity index (χ1v) is 14.2. The van der Waals surface area contributed by atoms with Crippen molar-refractivity contribution in [3.63, 3.8) is 0 Å². The number of pyridine rings is 1. The first-order chi connectivity index (χ1) is 20.2. The number of carbonyl (C=O) groups excluding carboxylic acids is 1. The van der Waals surface area contributed by atoms with Gasteiger partial charge in [0.2, 0.25) is 0 Å². The van der Waals surface area contributed by atoms with Gasteiger partial charge in [-0.25, -0.2) is 19.7 Å². The van der Waals surface area contributed by atoms with Crippen molar-refractivity contribution in [1.29, 1.82) is 0 Å². The molecule has 1 aliphatic rings. The summed E-state index contributed by atoms with van der Waals surface area (Å²) in [5.41, 5.74) is 4.33. The molecule has 0 spiro atoms. The molecule has 12 heteroatoms. The number of likely N-dealkylation sites (N-methyl/N-ethyl adjacent to an activating group) is 1. The summed E-state index contributed by atoms with van der Waals surface area (Å²) in [7, 11) is 5.15. The largest absolute Gasteiger partial charge is 0.495 e. The standard InChI is InChI=1S/C30H32Cl2N6O4/c1-17-18(2)35-29-21(8-7-20(28(29)34-17)25-26(31)22(40-4)14-23(41-5)27(25)32)42-30(39)36-24-9-6-19(15-33-24)16-38-12-10-37(3)11-13-38/h6-9,14-15H,10-13,16H2,1-5H3,(H,33,36,39). The van der Waals surface area contributed by atoms with E-state index >= 15 is 0 Å². The maximum Gasteiger partial charge on any atom is 0.418 e. The van der Waals surface area contributed by atoms with Gasteiger partial charge in [-0.1, -0.05) is 29.3 Å². The lowest BCUT2D eigenvalue weighted by Crippen LogP contribution is -2.43. The van der Waals surface area contributed by atoms with Crippen LogP contribution in [0.25, 0.3) is 22.2 Å². The molecule has 1 saturated heterocycles. The summed E-state index contributed by atoms with van der Waals surface area (Å²) < 4.78 is 16.6. The summed E-state index contributed by atoms with van der Waals surface area (Å²) in [6.07, 6.45) is 1.06. The van der Waals surface area contributed by atoms with E-state index in [2.05, 4.69) is 27.1 Å². The van der Waals surface area contributed by atoms with Crippen LogP contribution < -0.4 is 19.5 Å². The van der Waals surface area contributed by atoms with Gasteiger partial charge in [-0.3, -0.25) is 10.2 Å². The van der Waals surface area contributed by atoms with E-state index in [-0.39, 0.29) is 15.8 Å². The number of halogens is 2. The van der Waals surface area contributed by atoms with E-state index in [1.807, 2.05) is 19.9 Å². The summed E-state index contributed by atoms with van der Waals surface area (Å²) in [6.45, 7) is 8.62. The predicted molar refractivity (Wildman–Crippen MR) is 164 cm³/mol. The zero-order chi connectivity index (χ0) is 30.0. The number of nitrogens with zero attached hydrogens (tertiary/aromatic N) is 5. The number of rotatable bonds is 7. The highest BCUT2D eigenvalue weighted by Crippen LogP contribution is 2.48. The van der Waals surface area contributed by atoms with Gasteiger partial charge in [-0.05, 0) is 44.7 Å². The maximum absolute atomic E-state index is 12.9. The second-order valence-electron chi connectivity index (χ2n) is 10.1. The fourth-order valence-electron chi connectivity index (χ4n) is 4.77. The maximum atomic E-state index is 12.9. The number of ether oxygens (including phenoxy) is 3. The lowest BCUT2D eigenvalue weighted by Gasteiger charge is -2.32. The number of methoxy groups -OCH3 is 2. The van der Waals surface area contributed by atoms with Crippen LogP contribution in [0.1, 0.15) is 17.0 Å². The molecule has 0 bridgehead atoms. The molecule has 1 fully saturated rings. The molecule has 10 nitrogen and oxygen atoms in total. The average Bonchev–Trinajstić information content (AvgIpc) is 2.97. The molecule has 42 heavy (non-hydrogen) atoms. The Morgan fingerprint density at radius 2 is 1.55 bits per heavy atom. The van der Waals surface area contributed by atoms with E-state index in [9.17, 15) is 4.79 Å². The van der Waals surface area contributed by atoms with Crippen LogP contribution in [0.15, 0.2) is 36.5 Å². The van der Waals surface area contributed by atoms with Crippen molar-refractivity contribution >= 4 is 46.1 Å². The highest BCUT2D eigenvalue weighted by molar-refractivity contribution is 6.41. The van der Waals surface area contributed by atoms with Crippen LogP contribution in [0.5, 0.6) is 17.2 Å². The third-order valence-corrected chi connectivity index (χ3v) is 8.05. The molecular weight excluding hydrogens is 579 g/mol. The van der Waals surface area contributed by atoms with Crippen molar-refractivity contribution in [2.24, 2.45) is 0 Å². The number of aryl methyl sites for hydroxylation is 2. The number of nitrogens with one attached hydrogen (secondary N) is 1. The third-order valence-electron chi connectivity index (χ3n) is 7.30. The van der Waals surface area contributed by atoms with Crippen LogP contribution in [-0.4, -0.2) is 78.3 Å². The molecule has 5 rings (SSSR count). The number of amides is 1. The molecule has 3 heterocycles. The second-order valence-corrected chi connectivity index (χ2v) is 10.9. The highest BCUT2D eigenvalue weighted by atomic mass is 35.5.